The van der Waals surface area contributed by atoms with Crippen molar-refractivity contribution >= 4 is 23.0 Å². The van der Waals surface area contributed by atoms with Crippen LogP contribution >= 0.6 is 0 Å². The first-order valence-corrected chi connectivity index (χ1v) is 7.07. The number of benzene rings is 1. The van der Waals surface area contributed by atoms with Crippen LogP contribution in [0.2, 0.25) is 0 Å². The van der Waals surface area contributed by atoms with E-state index < -0.39 is 0 Å². The van der Waals surface area contributed by atoms with Gasteiger partial charge in [-0.1, -0.05) is 17.3 Å². The molecule has 1 amide bonds. The minimum Gasteiger partial charge on any atom is -0.313 e. The number of carbonyl (C=O) groups excluding carboxylic acids is 1. The smallest absolute Gasteiger partial charge is 0.212 e. The van der Waals surface area contributed by atoms with Crippen molar-refractivity contribution in [2.24, 2.45) is 5.18 Å². The third-order valence-corrected chi connectivity index (χ3v) is 3.67. The van der Waals surface area contributed by atoms with E-state index in [1.807, 2.05) is 31.2 Å². The summed E-state index contributed by atoms with van der Waals surface area (Å²) in [6.07, 6.45) is 3.98. The van der Waals surface area contributed by atoms with Crippen molar-refractivity contribution in [2.75, 3.05) is 5.32 Å². The van der Waals surface area contributed by atoms with E-state index in [1.54, 1.807) is 18.5 Å². The van der Waals surface area contributed by atoms with Gasteiger partial charge in [-0.2, -0.15) is 4.91 Å². The maximum Gasteiger partial charge on any atom is 0.212 e. The second kappa shape index (κ2) is 6.31. The molecular weight excluding hydrogens is 292 g/mol. The molecule has 3 rings (SSSR count). The molecular formula is C17H14N4O2. The van der Waals surface area contributed by atoms with Gasteiger partial charge in [-0.15, -0.1) is 0 Å². The van der Waals surface area contributed by atoms with Gasteiger partial charge < -0.3 is 5.32 Å². The highest BCUT2D eigenvalue weighted by molar-refractivity contribution is 5.90. The van der Waals surface area contributed by atoms with E-state index in [9.17, 15) is 9.70 Å². The summed E-state index contributed by atoms with van der Waals surface area (Å²) in [6, 6.07) is 9.62. The molecule has 0 unspecified atom stereocenters. The molecule has 6 nitrogen and oxygen atoms in total. The summed E-state index contributed by atoms with van der Waals surface area (Å²) < 4.78 is 0. The second-order valence-electron chi connectivity index (χ2n) is 5.13. The summed E-state index contributed by atoms with van der Waals surface area (Å²) in [4.78, 5) is 29.6. The van der Waals surface area contributed by atoms with Crippen LogP contribution in [0.4, 0.5) is 5.82 Å². The van der Waals surface area contributed by atoms with Gasteiger partial charge in [-0.05, 0) is 41.6 Å². The van der Waals surface area contributed by atoms with E-state index in [0.29, 0.717) is 17.9 Å². The molecule has 0 saturated carbocycles. The van der Waals surface area contributed by atoms with Crippen molar-refractivity contribution in [3.8, 4) is 11.1 Å². The van der Waals surface area contributed by atoms with Gasteiger partial charge in [0, 0.05) is 23.3 Å². The van der Waals surface area contributed by atoms with Crippen LogP contribution in [-0.2, 0) is 11.3 Å². The summed E-state index contributed by atoms with van der Waals surface area (Å²) in [5.41, 5.74) is 3.57. The van der Waals surface area contributed by atoms with Crippen LogP contribution in [0.5, 0.6) is 0 Å². The molecule has 114 valence electrons. The third kappa shape index (κ3) is 2.91. The van der Waals surface area contributed by atoms with Gasteiger partial charge in [0.25, 0.3) is 0 Å². The predicted octanol–water partition coefficient (Wildman–Crippen LogP) is 3.44. The number of anilines is 1. The van der Waals surface area contributed by atoms with Crippen LogP contribution in [0.1, 0.15) is 11.3 Å². The molecule has 0 fully saturated rings. The topological polar surface area (TPSA) is 84.3 Å². The monoisotopic (exact) mass is 306 g/mol. The number of aryl methyl sites for hydroxylation is 1. The Bertz CT molecular complexity index is 893. The zero-order valence-corrected chi connectivity index (χ0v) is 12.5. The van der Waals surface area contributed by atoms with E-state index in [0.717, 1.165) is 27.5 Å². The first kappa shape index (κ1) is 14.8. The lowest BCUT2D eigenvalue weighted by Gasteiger charge is -2.11. The Morgan fingerprint density at radius 1 is 1.17 bits per heavy atom. The number of pyridine rings is 2. The van der Waals surface area contributed by atoms with Crippen LogP contribution < -0.4 is 5.32 Å². The van der Waals surface area contributed by atoms with E-state index in [2.05, 4.69) is 20.5 Å². The number of carbonyl (C=O) groups is 1. The first-order valence-electron chi connectivity index (χ1n) is 7.07. The average molecular weight is 306 g/mol. The fourth-order valence-corrected chi connectivity index (χ4v) is 2.63. The highest BCUT2D eigenvalue weighted by Crippen LogP contribution is 2.30. The Balaban J connectivity index is 2.12. The Morgan fingerprint density at radius 3 is 2.83 bits per heavy atom. The highest BCUT2D eigenvalue weighted by Gasteiger charge is 2.11. The van der Waals surface area contributed by atoms with Crippen LogP contribution in [-0.4, -0.2) is 16.4 Å². The molecule has 0 atom stereocenters. The molecule has 0 spiro atoms. The van der Waals surface area contributed by atoms with Crippen molar-refractivity contribution < 1.29 is 4.79 Å². The standard InChI is InChI=1S/C17H14N4O2/c1-11-4-5-18-15(9-21-23)17(11)13-3-2-12-7-16(20-10-22)19-8-14(12)6-13/h2-8,10H,9H2,1H3,(H,19,20,22). The fourth-order valence-electron chi connectivity index (χ4n) is 2.63. The Hall–Kier alpha value is -3.15. The van der Waals surface area contributed by atoms with Gasteiger partial charge in [0.05, 0.1) is 5.69 Å². The van der Waals surface area contributed by atoms with Gasteiger partial charge in [0.2, 0.25) is 6.41 Å². The maximum absolute atomic E-state index is 10.6. The molecule has 2 aromatic heterocycles. The summed E-state index contributed by atoms with van der Waals surface area (Å²) >= 11 is 0. The normalized spacial score (nSPS) is 10.5. The Labute approximate surface area is 132 Å². The van der Waals surface area contributed by atoms with Crippen molar-refractivity contribution in [1.29, 1.82) is 0 Å². The molecule has 3 aromatic rings. The minimum absolute atomic E-state index is 0.0372. The van der Waals surface area contributed by atoms with Crippen LogP contribution in [0, 0.1) is 11.8 Å². The number of hydrogen-bond donors (Lipinski definition) is 1. The quantitative estimate of drug-likeness (QED) is 0.578. The molecule has 23 heavy (non-hydrogen) atoms. The van der Waals surface area contributed by atoms with E-state index in [-0.39, 0.29) is 6.54 Å². The summed E-state index contributed by atoms with van der Waals surface area (Å²) in [6.45, 7) is 2.01. The van der Waals surface area contributed by atoms with Crippen LogP contribution in [0.25, 0.3) is 21.9 Å². The zero-order valence-electron chi connectivity index (χ0n) is 12.5. The molecule has 2 heterocycles. The molecule has 6 heteroatoms. The lowest BCUT2D eigenvalue weighted by molar-refractivity contribution is -0.105. The molecule has 0 aliphatic rings. The van der Waals surface area contributed by atoms with Crippen molar-refractivity contribution in [1.82, 2.24) is 9.97 Å². The van der Waals surface area contributed by atoms with Gasteiger partial charge in [0.1, 0.15) is 12.4 Å². The number of fused-ring (bicyclic) bond motifs is 1. The van der Waals surface area contributed by atoms with Crippen molar-refractivity contribution in [2.45, 2.75) is 13.5 Å². The number of aromatic nitrogens is 2. The maximum atomic E-state index is 10.6. The number of amides is 1. The number of nitrogens with one attached hydrogen (secondary N) is 1. The van der Waals surface area contributed by atoms with Gasteiger partial charge in [-0.3, -0.25) is 9.78 Å². The average Bonchev–Trinajstić information content (AvgIpc) is 2.55. The first-order chi connectivity index (χ1) is 11.2. The highest BCUT2D eigenvalue weighted by atomic mass is 16.3. The number of nitroso groups, excluding NO2 is 1. The second-order valence-corrected chi connectivity index (χ2v) is 5.13. The number of hydrogen-bond acceptors (Lipinski definition) is 5. The summed E-state index contributed by atoms with van der Waals surface area (Å²) in [7, 11) is 0. The van der Waals surface area contributed by atoms with Crippen LogP contribution in [0.15, 0.2) is 47.9 Å². The zero-order chi connectivity index (χ0) is 16.2. The summed E-state index contributed by atoms with van der Waals surface area (Å²) in [5, 5.41) is 7.39. The van der Waals surface area contributed by atoms with E-state index in [4.69, 9.17) is 0 Å². The molecule has 1 N–H and O–H groups in total. The lowest BCUT2D eigenvalue weighted by atomic mass is 9.97. The van der Waals surface area contributed by atoms with Gasteiger partial charge in [0.15, 0.2) is 0 Å². The van der Waals surface area contributed by atoms with Crippen molar-refractivity contribution in [3.63, 3.8) is 0 Å². The minimum atomic E-state index is 0.0372. The molecule has 0 saturated heterocycles. The van der Waals surface area contributed by atoms with E-state index >= 15 is 0 Å². The summed E-state index contributed by atoms with van der Waals surface area (Å²) in [5.74, 6) is 0.503. The molecule has 0 radical (unpaired) electrons. The van der Waals surface area contributed by atoms with Gasteiger partial charge >= 0.3 is 0 Å². The molecule has 0 aliphatic heterocycles. The number of nitrogens with zero attached hydrogens (tertiary/aromatic N) is 3. The predicted molar refractivity (Wildman–Crippen MR) is 88.9 cm³/mol. The lowest BCUT2D eigenvalue weighted by Crippen LogP contribution is -1.97. The van der Waals surface area contributed by atoms with Gasteiger partial charge in [-0.25, -0.2) is 4.98 Å². The number of rotatable bonds is 5. The SMILES string of the molecule is Cc1ccnc(CN=O)c1-c1ccc2cc(NC=O)ncc2c1. The van der Waals surface area contributed by atoms with Crippen molar-refractivity contribution in [3.05, 3.63) is 58.9 Å². The van der Waals surface area contributed by atoms with E-state index in [1.165, 1.54) is 0 Å². The molecule has 1 aromatic carbocycles. The third-order valence-electron chi connectivity index (χ3n) is 3.67. The molecule has 0 aliphatic carbocycles. The Kier molecular flexibility index (Phi) is 4.05. The van der Waals surface area contributed by atoms with Crippen LogP contribution in [0.3, 0.4) is 0 Å². The largest absolute Gasteiger partial charge is 0.313 e. The Morgan fingerprint density at radius 2 is 2.04 bits per heavy atom. The molecule has 0 bridgehead atoms. The fraction of sp³-hybridized carbons (Fsp3) is 0.118.